The second kappa shape index (κ2) is 5.86. The Balaban J connectivity index is 2.53. The van der Waals surface area contributed by atoms with Crippen LogP contribution in [0.2, 0.25) is 0 Å². The first kappa shape index (κ1) is 18.0. The fourth-order valence-electron chi connectivity index (χ4n) is 3.03. The van der Waals surface area contributed by atoms with Crippen molar-refractivity contribution >= 4 is 10.8 Å². The predicted octanol–water partition coefficient (Wildman–Crippen LogP) is 4.01. The molecule has 0 aliphatic rings. The molecule has 3 aromatic rings. The lowest BCUT2D eigenvalue weighted by Crippen LogP contribution is -2.26. The Morgan fingerprint density at radius 2 is 1.88 bits per heavy atom. The van der Waals surface area contributed by atoms with Gasteiger partial charge in [0.2, 0.25) is 5.95 Å². The lowest BCUT2D eigenvalue weighted by molar-refractivity contribution is -0.141. The highest BCUT2D eigenvalue weighted by Gasteiger charge is 2.39. The molecule has 0 saturated heterocycles. The molecule has 0 radical (unpaired) electrons. The van der Waals surface area contributed by atoms with Gasteiger partial charge in [-0.05, 0) is 36.4 Å². The van der Waals surface area contributed by atoms with E-state index in [0.717, 1.165) is 0 Å². The van der Waals surface area contributed by atoms with Crippen molar-refractivity contribution in [3.05, 3.63) is 51.5 Å². The number of pyridine rings is 1. The molecule has 3 rings (SSSR count). The summed E-state index contributed by atoms with van der Waals surface area (Å²) in [5, 5.41) is 15.2. The van der Waals surface area contributed by atoms with Crippen LogP contribution in [0.1, 0.15) is 36.7 Å². The van der Waals surface area contributed by atoms with E-state index in [2.05, 4.69) is 5.10 Å². The van der Waals surface area contributed by atoms with E-state index in [1.807, 2.05) is 5.10 Å². The Morgan fingerprint density at radius 1 is 1.23 bits per heavy atom. The number of phenolic OH excluding ortho intramolecular Hbond substituents is 1. The topological polar surface area (TPSA) is 70.9 Å². The number of nitrogens with zero attached hydrogens (tertiary/aromatic N) is 2. The number of aryl methyl sites for hydroxylation is 1. The number of aromatic nitrogens is 3. The van der Waals surface area contributed by atoms with Crippen molar-refractivity contribution in [3.63, 3.8) is 0 Å². The summed E-state index contributed by atoms with van der Waals surface area (Å²) in [5.74, 6) is -1.74. The minimum absolute atomic E-state index is 0.00150. The van der Waals surface area contributed by atoms with E-state index in [1.165, 1.54) is 25.1 Å². The van der Waals surface area contributed by atoms with E-state index in [-0.39, 0.29) is 27.8 Å². The van der Waals surface area contributed by atoms with Crippen LogP contribution in [0.25, 0.3) is 16.5 Å². The minimum Gasteiger partial charge on any atom is -0.508 e. The van der Waals surface area contributed by atoms with Gasteiger partial charge in [-0.2, -0.15) is 22.7 Å². The molecule has 138 valence electrons. The van der Waals surface area contributed by atoms with Crippen LogP contribution in [-0.4, -0.2) is 19.9 Å². The maximum absolute atomic E-state index is 15.2. The van der Waals surface area contributed by atoms with Gasteiger partial charge in [0.15, 0.2) is 5.69 Å². The molecule has 0 aliphatic heterocycles. The third-order valence-corrected chi connectivity index (χ3v) is 4.14. The van der Waals surface area contributed by atoms with Gasteiger partial charge in [0.05, 0.1) is 5.69 Å². The van der Waals surface area contributed by atoms with Gasteiger partial charge in [-0.1, -0.05) is 13.8 Å². The molecule has 26 heavy (non-hydrogen) atoms. The summed E-state index contributed by atoms with van der Waals surface area (Å²) in [6.45, 7) is 4.54. The predicted molar refractivity (Wildman–Crippen MR) is 87.1 cm³/mol. The lowest BCUT2D eigenvalue weighted by Gasteiger charge is -2.18. The Kier molecular flexibility index (Phi) is 4.05. The maximum atomic E-state index is 15.2. The van der Waals surface area contributed by atoms with Gasteiger partial charge in [-0.15, -0.1) is 0 Å². The third-order valence-electron chi connectivity index (χ3n) is 4.14. The fraction of sp³-hybridized carbons (Fsp3) is 0.294. The van der Waals surface area contributed by atoms with Crippen LogP contribution in [0.15, 0.2) is 23.0 Å². The zero-order chi connectivity index (χ0) is 19.4. The molecule has 0 unspecified atom stereocenters. The molecule has 2 N–H and O–H groups in total. The first-order valence-corrected chi connectivity index (χ1v) is 7.73. The Hall–Kier alpha value is -2.84. The van der Waals surface area contributed by atoms with E-state index in [1.54, 1.807) is 13.8 Å². The van der Waals surface area contributed by atoms with Gasteiger partial charge in [-0.25, -0.2) is 4.57 Å². The van der Waals surface area contributed by atoms with Gasteiger partial charge >= 0.3 is 6.18 Å². The largest absolute Gasteiger partial charge is 0.508 e. The maximum Gasteiger partial charge on any atom is 0.434 e. The average molecular weight is 369 g/mol. The summed E-state index contributed by atoms with van der Waals surface area (Å²) in [5.41, 5.74) is -3.06. The van der Waals surface area contributed by atoms with Crippen LogP contribution < -0.4 is 5.56 Å². The number of hydrogen-bond donors (Lipinski definition) is 2. The molecule has 5 nitrogen and oxygen atoms in total. The molecule has 0 amide bonds. The van der Waals surface area contributed by atoms with Gasteiger partial charge in [0, 0.05) is 10.9 Å². The number of aromatic amines is 1. The summed E-state index contributed by atoms with van der Waals surface area (Å²) in [7, 11) is 0. The molecule has 1 aromatic carbocycles. The van der Waals surface area contributed by atoms with E-state index in [0.29, 0.717) is 4.57 Å². The third kappa shape index (κ3) is 2.63. The normalized spacial score (nSPS) is 12.3. The zero-order valence-corrected chi connectivity index (χ0v) is 14.1. The van der Waals surface area contributed by atoms with Crippen LogP contribution in [0.3, 0.4) is 0 Å². The molecule has 0 aliphatic carbocycles. The molecule has 0 bridgehead atoms. The average Bonchev–Trinajstić information content (AvgIpc) is 2.88. The number of hydrogen-bond acceptors (Lipinski definition) is 3. The number of aromatic hydroxyl groups is 1. The van der Waals surface area contributed by atoms with Crippen LogP contribution in [-0.2, 0) is 6.18 Å². The van der Waals surface area contributed by atoms with Crippen LogP contribution >= 0.6 is 0 Å². The van der Waals surface area contributed by atoms with Crippen molar-refractivity contribution in [1.82, 2.24) is 14.8 Å². The monoisotopic (exact) mass is 369 g/mol. The zero-order valence-electron chi connectivity index (χ0n) is 14.1. The minimum atomic E-state index is -4.84. The number of rotatable bonds is 2. The summed E-state index contributed by atoms with van der Waals surface area (Å²) in [6.07, 6.45) is -4.84. The molecule has 2 aromatic heterocycles. The first-order valence-electron chi connectivity index (χ1n) is 7.73. The van der Waals surface area contributed by atoms with Gasteiger partial charge in [0.1, 0.15) is 11.4 Å². The van der Waals surface area contributed by atoms with Crippen molar-refractivity contribution in [2.45, 2.75) is 32.9 Å². The molecule has 0 spiro atoms. The quantitative estimate of drug-likeness (QED) is 0.530. The smallest absolute Gasteiger partial charge is 0.434 e. The molecular formula is C17H15F4N3O2. The summed E-state index contributed by atoms with van der Waals surface area (Å²) < 4.78 is 55.5. The fourth-order valence-corrected chi connectivity index (χ4v) is 3.03. The highest BCUT2D eigenvalue weighted by atomic mass is 19.4. The number of H-pyrrole nitrogens is 1. The number of nitrogens with one attached hydrogen (secondary N) is 1. The first-order chi connectivity index (χ1) is 12.0. The molecule has 0 saturated carbocycles. The summed E-state index contributed by atoms with van der Waals surface area (Å²) in [4.78, 5) is 12.8. The number of phenols is 1. The van der Waals surface area contributed by atoms with Crippen molar-refractivity contribution < 1.29 is 22.7 Å². The van der Waals surface area contributed by atoms with Crippen molar-refractivity contribution in [1.29, 1.82) is 0 Å². The van der Waals surface area contributed by atoms with E-state index < -0.39 is 35.0 Å². The molecule has 0 atom stereocenters. The van der Waals surface area contributed by atoms with Crippen molar-refractivity contribution in [2.24, 2.45) is 0 Å². The van der Waals surface area contributed by atoms with Crippen LogP contribution in [0, 0.1) is 12.9 Å². The molecule has 0 fully saturated rings. The summed E-state index contributed by atoms with van der Waals surface area (Å²) >= 11 is 0. The molecule has 2 heterocycles. The van der Waals surface area contributed by atoms with Crippen molar-refractivity contribution in [3.8, 4) is 11.4 Å². The van der Waals surface area contributed by atoms with Crippen LogP contribution in [0.5, 0.6) is 5.75 Å². The Labute approximate surface area is 144 Å². The Bertz CT molecular complexity index is 1060. The van der Waals surface area contributed by atoms with E-state index >= 15 is 4.39 Å². The SMILES string of the molecule is Cc1n[nH]c(C(F)(F)F)c1-n1c(F)c(C(C)C)c2cc(O)ccc2c1=O. The highest BCUT2D eigenvalue weighted by Crippen LogP contribution is 2.35. The number of fused-ring (bicyclic) bond motifs is 1. The van der Waals surface area contributed by atoms with Gasteiger partial charge < -0.3 is 5.11 Å². The highest BCUT2D eigenvalue weighted by molar-refractivity contribution is 5.87. The lowest BCUT2D eigenvalue weighted by atomic mass is 9.97. The van der Waals surface area contributed by atoms with Gasteiger partial charge in [0.25, 0.3) is 5.56 Å². The van der Waals surface area contributed by atoms with E-state index in [9.17, 15) is 23.1 Å². The number of benzene rings is 1. The standard InChI is InChI=1S/C17H15F4N3O2/c1-7(2)12-11-6-9(25)4-5-10(11)16(26)24(15(12)18)13-8(3)22-23-14(13)17(19,20)21/h4-7,25H,1-3H3,(H,22,23). The van der Waals surface area contributed by atoms with E-state index in [4.69, 9.17) is 0 Å². The Morgan fingerprint density at radius 3 is 2.46 bits per heavy atom. The molecule has 9 heteroatoms. The molecular weight excluding hydrogens is 354 g/mol. The number of halogens is 4. The second-order valence-electron chi connectivity index (χ2n) is 6.26. The van der Waals surface area contributed by atoms with Crippen LogP contribution in [0.4, 0.5) is 17.6 Å². The van der Waals surface area contributed by atoms with Gasteiger partial charge in [-0.3, -0.25) is 9.89 Å². The second-order valence-corrected chi connectivity index (χ2v) is 6.26. The number of alkyl halides is 3. The van der Waals surface area contributed by atoms with Crippen molar-refractivity contribution in [2.75, 3.05) is 0 Å². The summed E-state index contributed by atoms with van der Waals surface area (Å²) in [6, 6.07) is 3.72.